The molecule has 1 radical (unpaired) electrons. The molecule has 0 spiro atoms. The van der Waals surface area contributed by atoms with Gasteiger partial charge >= 0.3 is 0 Å². The largest absolute Gasteiger partial charge is 0.341 e. The first-order chi connectivity index (χ1) is 9.41. The van der Waals surface area contributed by atoms with Gasteiger partial charge in [0.15, 0.2) is 0 Å². The molecule has 1 heterocycles. The Hall–Kier alpha value is 0.0939. The molecule has 0 saturated heterocycles. The minimum absolute atomic E-state index is 0. The summed E-state index contributed by atoms with van der Waals surface area (Å²) in [4.78, 5) is 12.2. The van der Waals surface area contributed by atoms with Crippen molar-refractivity contribution in [3.05, 3.63) is 40.7 Å². The first-order valence-corrected chi connectivity index (χ1v) is 7.00. The smallest absolute Gasteiger partial charge is 0.256 e. The third-order valence-corrected chi connectivity index (χ3v) is 3.80. The van der Waals surface area contributed by atoms with Crippen molar-refractivity contribution in [3.8, 4) is 0 Å². The van der Waals surface area contributed by atoms with E-state index in [1.807, 2.05) is 0 Å². The number of benzene rings is 1. The number of rotatable bonds is 3. The van der Waals surface area contributed by atoms with Crippen LogP contribution in [0.15, 0.2) is 18.2 Å². The molecule has 2 nitrogen and oxygen atoms in total. The summed E-state index contributed by atoms with van der Waals surface area (Å²) in [5.41, 5.74) is -0.114. The molecule has 1 amide bonds. The van der Waals surface area contributed by atoms with Gasteiger partial charge in [-0.2, -0.15) is 0 Å². The number of amides is 1. The van der Waals surface area contributed by atoms with Gasteiger partial charge in [0.1, 0.15) is 0 Å². The molecule has 0 aromatic heterocycles. The van der Waals surface area contributed by atoms with Crippen LogP contribution in [0.1, 0.15) is 12.0 Å². The van der Waals surface area contributed by atoms with Gasteiger partial charge in [-0.25, -0.2) is 19.2 Å². The molecule has 1 aliphatic heterocycles. The van der Waals surface area contributed by atoms with Crippen LogP contribution in [0.25, 0.3) is 5.70 Å². The topological polar surface area (TPSA) is 20.3 Å². The normalized spacial score (nSPS) is 18.6. The van der Waals surface area contributed by atoms with Gasteiger partial charge in [0.25, 0.3) is 6.43 Å². The molecule has 1 atom stereocenters. The fourth-order valence-electron chi connectivity index (χ4n) is 1.91. The quantitative estimate of drug-likeness (QED) is 0.500. The molecule has 0 saturated carbocycles. The standard InChI is InChI=1S/C13H9BrClF3NO.Y/c14-7-4-5-10(19(13(7)20)6-11(17)18)12-8(15)2-1-3-9(12)16;/h1-3,7,11H,4,6H2;/q-1;. The Balaban J connectivity index is 0.00000220. The van der Waals surface area contributed by atoms with Crippen molar-refractivity contribution in [2.24, 2.45) is 0 Å². The molecule has 0 fully saturated rings. The Morgan fingerprint density at radius 2 is 2.14 bits per heavy atom. The van der Waals surface area contributed by atoms with Crippen LogP contribution in [-0.4, -0.2) is 28.6 Å². The van der Waals surface area contributed by atoms with Crippen LogP contribution in [0, 0.1) is 11.9 Å². The SMILES string of the molecule is O=C1C(Br)C[C-]=C(c2c(F)cccc2Cl)N1CC(F)F.[Y]. The third-order valence-electron chi connectivity index (χ3n) is 2.77. The molecule has 1 unspecified atom stereocenters. The van der Waals surface area contributed by atoms with Crippen molar-refractivity contribution in [1.29, 1.82) is 0 Å². The summed E-state index contributed by atoms with van der Waals surface area (Å²) in [7, 11) is 0. The first-order valence-electron chi connectivity index (χ1n) is 5.70. The van der Waals surface area contributed by atoms with Crippen molar-refractivity contribution >= 4 is 39.1 Å². The van der Waals surface area contributed by atoms with Gasteiger partial charge in [-0.3, -0.25) is 4.79 Å². The van der Waals surface area contributed by atoms with E-state index in [0.717, 1.165) is 11.0 Å². The maximum absolute atomic E-state index is 13.9. The van der Waals surface area contributed by atoms with E-state index in [1.54, 1.807) is 0 Å². The van der Waals surface area contributed by atoms with Gasteiger partial charge in [0.2, 0.25) is 5.91 Å². The van der Waals surface area contributed by atoms with Gasteiger partial charge in [-0.05, 0) is 11.1 Å². The maximum atomic E-state index is 13.9. The van der Waals surface area contributed by atoms with Gasteiger partial charge in [-0.15, -0.1) is 17.3 Å². The maximum Gasteiger partial charge on any atom is 0.256 e. The van der Waals surface area contributed by atoms with Crippen molar-refractivity contribution in [3.63, 3.8) is 0 Å². The molecular weight excluding hydrogens is 447 g/mol. The Bertz CT molecular complexity index is 550. The van der Waals surface area contributed by atoms with Crippen LogP contribution in [0.3, 0.4) is 0 Å². The number of halogens is 5. The summed E-state index contributed by atoms with van der Waals surface area (Å²) in [5.74, 6) is -1.24. The molecule has 8 heteroatoms. The molecule has 21 heavy (non-hydrogen) atoms. The predicted octanol–water partition coefficient (Wildman–Crippen LogP) is 3.88. The van der Waals surface area contributed by atoms with E-state index in [1.165, 1.54) is 12.1 Å². The molecule has 1 aliphatic rings. The number of carbonyl (C=O) groups is 1. The van der Waals surface area contributed by atoms with E-state index >= 15 is 0 Å². The number of alkyl halides is 3. The second kappa shape index (κ2) is 8.09. The zero-order chi connectivity index (χ0) is 14.9. The Morgan fingerprint density at radius 3 is 2.71 bits per heavy atom. The molecule has 111 valence electrons. The van der Waals surface area contributed by atoms with E-state index in [0.29, 0.717) is 0 Å². The summed E-state index contributed by atoms with van der Waals surface area (Å²) in [6, 6.07) is 3.98. The fourth-order valence-corrected chi connectivity index (χ4v) is 2.58. The summed E-state index contributed by atoms with van der Waals surface area (Å²) in [6.07, 6.45) is 0.198. The average Bonchev–Trinajstić information content (AvgIpc) is 2.37. The molecule has 0 N–H and O–H groups in total. The molecule has 1 aromatic rings. The molecule has 1 aromatic carbocycles. The molecule has 2 rings (SSSR count). The molecule has 0 bridgehead atoms. The number of hydrogen-bond donors (Lipinski definition) is 0. The van der Waals surface area contributed by atoms with Crippen LogP contribution in [0.4, 0.5) is 13.2 Å². The zero-order valence-corrected chi connectivity index (χ0v) is 15.8. The fraction of sp³-hybridized carbons (Fsp3) is 0.308. The van der Waals surface area contributed by atoms with E-state index in [-0.39, 0.29) is 55.4 Å². The second-order valence-electron chi connectivity index (χ2n) is 4.13. The van der Waals surface area contributed by atoms with Crippen molar-refractivity contribution in [2.45, 2.75) is 17.7 Å². The third kappa shape index (κ3) is 4.30. The summed E-state index contributed by atoms with van der Waals surface area (Å²) < 4.78 is 39.2. The van der Waals surface area contributed by atoms with Gasteiger partial charge in [0.05, 0.1) is 17.2 Å². The summed E-state index contributed by atoms with van der Waals surface area (Å²) >= 11 is 8.99. The van der Waals surface area contributed by atoms with Crippen LogP contribution in [-0.2, 0) is 37.5 Å². The van der Waals surface area contributed by atoms with E-state index in [9.17, 15) is 18.0 Å². The van der Waals surface area contributed by atoms with Gasteiger partial charge < -0.3 is 4.90 Å². The first kappa shape index (κ1) is 19.1. The van der Waals surface area contributed by atoms with Crippen molar-refractivity contribution < 1.29 is 50.7 Å². The zero-order valence-electron chi connectivity index (χ0n) is 10.6. The van der Waals surface area contributed by atoms with Crippen LogP contribution in [0.5, 0.6) is 0 Å². The van der Waals surface area contributed by atoms with E-state index < -0.39 is 29.5 Å². The van der Waals surface area contributed by atoms with Crippen molar-refractivity contribution in [1.82, 2.24) is 4.90 Å². The predicted molar refractivity (Wildman–Crippen MR) is 73.1 cm³/mol. The summed E-state index contributed by atoms with van der Waals surface area (Å²) in [6.45, 7) is -0.825. The number of hydrogen-bond acceptors (Lipinski definition) is 1. The minimum atomic E-state index is -2.74. The van der Waals surface area contributed by atoms with Crippen molar-refractivity contribution in [2.75, 3.05) is 6.54 Å². The summed E-state index contributed by atoms with van der Waals surface area (Å²) in [5, 5.41) is 0.0487. The monoisotopic (exact) mass is 455 g/mol. The average molecular weight is 456 g/mol. The second-order valence-corrected chi connectivity index (χ2v) is 5.65. The van der Waals surface area contributed by atoms with Gasteiger partial charge in [0, 0.05) is 32.7 Å². The molecular formula is C13H9BrClF3NOY-. The Labute approximate surface area is 158 Å². The van der Waals surface area contributed by atoms with Gasteiger partial charge in [-0.1, -0.05) is 40.0 Å². The van der Waals surface area contributed by atoms with E-state index in [4.69, 9.17) is 11.6 Å². The number of allylic oxidation sites excluding steroid dienone is 1. The number of carbonyl (C=O) groups excluding carboxylic acids is 1. The van der Waals surface area contributed by atoms with Crippen LogP contribution >= 0.6 is 27.5 Å². The molecule has 0 aliphatic carbocycles. The van der Waals surface area contributed by atoms with Crippen LogP contribution < -0.4 is 0 Å². The van der Waals surface area contributed by atoms with Crippen LogP contribution in [0.2, 0.25) is 5.02 Å². The minimum Gasteiger partial charge on any atom is -0.341 e. The number of nitrogens with zero attached hydrogens (tertiary/aromatic N) is 1. The Morgan fingerprint density at radius 1 is 1.48 bits per heavy atom. The Kier molecular flexibility index (Phi) is 7.37. The van der Waals surface area contributed by atoms with E-state index in [2.05, 4.69) is 22.0 Å².